The number of carboxylic acids is 1. The number of aromatic carboxylic acids is 1. The van der Waals surface area contributed by atoms with Crippen molar-refractivity contribution in [3.05, 3.63) is 39.6 Å². The highest BCUT2D eigenvalue weighted by atomic mass is 35.5. The number of carboxylic acid groups (broad SMARTS) is 1. The molecule has 0 aliphatic heterocycles. The zero-order valence-electron chi connectivity index (χ0n) is 9.79. The van der Waals surface area contributed by atoms with Crippen LogP contribution >= 0.6 is 23.2 Å². The van der Waals surface area contributed by atoms with Crippen molar-refractivity contribution in [2.75, 3.05) is 0 Å². The Kier molecular flexibility index (Phi) is 2.66. The van der Waals surface area contributed by atoms with Crippen molar-refractivity contribution in [1.82, 2.24) is 9.97 Å². The Morgan fingerprint density at radius 3 is 2.68 bits per heavy atom. The molecule has 96 valence electrons. The molecule has 6 heteroatoms. The smallest absolute Gasteiger partial charge is 0.355 e. The van der Waals surface area contributed by atoms with E-state index in [4.69, 9.17) is 23.2 Å². The van der Waals surface area contributed by atoms with Gasteiger partial charge in [0.05, 0.1) is 21.1 Å². The number of pyridine rings is 1. The summed E-state index contributed by atoms with van der Waals surface area (Å²) < 4.78 is 0. The van der Waals surface area contributed by atoms with Crippen LogP contribution in [0.3, 0.4) is 0 Å². The summed E-state index contributed by atoms with van der Waals surface area (Å²) in [5.74, 6) is -1.07. The van der Waals surface area contributed by atoms with Gasteiger partial charge in [-0.05, 0) is 24.6 Å². The van der Waals surface area contributed by atoms with Crippen LogP contribution in [-0.4, -0.2) is 21.0 Å². The normalized spacial score (nSPS) is 11.3. The molecule has 2 N–H and O–H groups in total. The number of rotatable bonds is 1. The zero-order chi connectivity index (χ0) is 13.7. The van der Waals surface area contributed by atoms with Crippen molar-refractivity contribution in [2.45, 2.75) is 6.92 Å². The van der Waals surface area contributed by atoms with Gasteiger partial charge in [0.1, 0.15) is 0 Å². The molecule has 0 spiro atoms. The van der Waals surface area contributed by atoms with Gasteiger partial charge < -0.3 is 10.1 Å². The fourth-order valence-electron chi connectivity index (χ4n) is 2.20. The average Bonchev–Trinajstić information content (AvgIpc) is 2.73. The van der Waals surface area contributed by atoms with Gasteiger partial charge in [0, 0.05) is 17.0 Å². The predicted octanol–water partition coefficient (Wildman–Crippen LogP) is 4.03. The van der Waals surface area contributed by atoms with E-state index in [1.54, 1.807) is 18.3 Å². The predicted molar refractivity (Wildman–Crippen MR) is 75.3 cm³/mol. The van der Waals surface area contributed by atoms with Gasteiger partial charge in [-0.15, -0.1) is 0 Å². The topological polar surface area (TPSA) is 66.0 Å². The first kappa shape index (κ1) is 12.3. The molecular weight excluding hydrogens is 287 g/mol. The van der Waals surface area contributed by atoms with Crippen LogP contribution in [-0.2, 0) is 0 Å². The van der Waals surface area contributed by atoms with Crippen molar-refractivity contribution in [3.8, 4) is 0 Å². The minimum absolute atomic E-state index is 0.0136. The van der Waals surface area contributed by atoms with E-state index in [2.05, 4.69) is 9.97 Å². The molecule has 0 fully saturated rings. The zero-order valence-corrected chi connectivity index (χ0v) is 11.3. The van der Waals surface area contributed by atoms with E-state index in [1.165, 1.54) is 0 Å². The first-order valence-corrected chi connectivity index (χ1v) is 6.24. The second-order valence-electron chi connectivity index (χ2n) is 4.27. The summed E-state index contributed by atoms with van der Waals surface area (Å²) in [7, 11) is 0. The monoisotopic (exact) mass is 294 g/mol. The Balaban J connectivity index is 2.58. The second kappa shape index (κ2) is 4.11. The summed E-state index contributed by atoms with van der Waals surface area (Å²) >= 11 is 12.0. The van der Waals surface area contributed by atoms with E-state index < -0.39 is 5.97 Å². The fraction of sp³-hybridized carbons (Fsp3) is 0.0769. The van der Waals surface area contributed by atoms with Crippen LogP contribution < -0.4 is 0 Å². The van der Waals surface area contributed by atoms with Crippen molar-refractivity contribution in [2.24, 2.45) is 0 Å². The summed E-state index contributed by atoms with van der Waals surface area (Å²) in [6, 6.07) is 3.26. The Hall–Kier alpha value is -1.78. The lowest BCUT2D eigenvalue weighted by Gasteiger charge is -2.05. The highest BCUT2D eigenvalue weighted by Gasteiger charge is 2.17. The number of aromatic amines is 1. The van der Waals surface area contributed by atoms with Crippen LogP contribution in [0.4, 0.5) is 0 Å². The van der Waals surface area contributed by atoms with Gasteiger partial charge in [-0.3, -0.25) is 0 Å². The maximum absolute atomic E-state index is 11.3. The first-order chi connectivity index (χ1) is 8.99. The minimum Gasteiger partial charge on any atom is -0.476 e. The number of halogens is 2. The van der Waals surface area contributed by atoms with Gasteiger partial charge in [0.15, 0.2) is 5.69 Å². The van der Waals surface area contributed by atoms with Crippen molar-refractivity contribution in [3.63, 3.8) is 0 Å². The number of aryl methyl sites for hydroxylation is 1. The fourth-order valence-corrected chi connectivity index (χ4v) is 2.52. The van der Waals surface area contributed by atoms with Crippen molar-refractivity contribution < 1.29 is 9.90 Å². The van der Waals surface area contributed by atoms with Crippen LogP contribution in [0, 0.1) is 6.92 Å². The molecule has 0 amide bonds. The van der Waals surface area contributed by atoms with E-state index in [9.17, 15) is 9.90 Å². The molecule has 2 aromatic heterocycles. The molecule has 4 nitrogen and oxygen atoms in total. The molecule has 3 aromatic rings. The van der Waals surface area contributed by atoms with Gasteiger partial charge in [0.25, 0.3) is 0 Å². The number of H-pyrrole nitrogens is 1. The quantitative estimate of drug-likeness (QED) is 0.712. The first-order valence-electron chi connectivity index (χ1n) is 5.48. The van der Waals surface area contributed by atoms with E-state index >= 15 is 0 Å². The summed E-state index contributed by atoms with van der Waals surface area (Å²) in [6.07, 6.45) is 1.75. The molecule has 0 radical (unpaired) electrons. The molecule has 0 atom stereocenters. The number of nitrogens with one attached hydrogen (secondary N) is 1. The standard InChI is InChI=1S/C13H8Cl2N2O2/c1-5-4-16-11-6-2-7(14)8(15)3-9(6)17-12(10(5)11)13(18)19/h2-4,16H,1H3,(H,18,19). The maximum Gasteiger partial charge on any atom is 0.355 e. The summed E-state index contributed by atoms with van der Waals surface area (Å²) in [6.45, 7) is 1.83. The lowest BCUT2D eigenvalue weighted by atomic mass is 10.1. The Morgan fingerprint density at radius 2 is 2.00 bits per heavy atom. The third-order valence-electron chi connectivity index (χ3n) is 3.06. The Labute approximate surface area is 118 Å². The van der Waals surface area contributed by atoms with Gasteiger partial charge in [-0.25, -0.2) is 9.78 Å². The largest absolute Gasteiger partial charge is 0.476 e. The molecule has 0 unspecified atom stereocenters. The molecule has 3 rings (SSSR count). The van der Waals surface area contributed by atoms with E-state index in [0.29, 0.717) is 26.5 Å². The molecule has 0 aliphatic rings. The molecular formula is C13H8Cl2N2O2. The third kappa shape index (κ3) is 1.76. The van der Waals surface area contributed by atoms with E-state index in [0.717, 1.165) is 10.9 Å². The summed E-state index contributed by atoms with van der Waals surface area (Å²) in [4.78, 5) is 18.6. The van der Waals surface area contributed by atoms with E-state index in [1.807, 2.05) is 6.92 Å². The Morgan fingerprint density at radius 1 is 1.32 bits per heavy atom. The van der Waals surface area contributed by atoms with Crippen molar-refractivity contribution in [1.29, 1.82) is 0 Å². The van der Waals surface area contributed by atoms with Crippen LogP contribution in [0.1, 0.15) is 16.1 Å². The maximum atomic E-state index is 11.3. The van der Waals surface area contributed by atoms with E-state index in [-0.39, 0.29) is 5.69 Å². The molecule has 0 saturated heterocycles. The SMILES string of the molecule is Cc1c[nH]c2c1c(C(=O)O)nc1cc(Cl)c(Cl)cc12. The highest BCUT2D eigenvalue weighted by Crippen LogP contribution is 2.33. The number of fused-ring (bicyclic) bond motifs is 3. The van der Waals surface area contributed by atoms with Gasteiger partial charge in [0.2, 0.25) is 0 Å². The number of carbonyl (C=O) groups is 1. The molecule has 2 heterocycles. The number of aromatic nitrogens is 2. The lowest BCUT2D eigenvalue weighted by molar-refractivity contribution is 0.0693. The van der Waals surface area contributed by atoms with Gasteiger partial charge in [-0.1, -0.05) is 23.2 Å². The molecule has 19 heavy (non-hydrogen) atoms. The molecule has 0 bridgehead atoms. The summed E-state index contributed by atoms with van der Waals surface area (Å²) in [5, 5.41) is 11.4. The van der Waals surface area contributed by atoms with Crippen LogP contribution in [0.15, 0.2) is 18.3 Å². The van der Waals surface area contributed by atoms with Crippen LogP contribution in [0.25, 0.3) is 21.8 Å². The Bertz CT molecular complexity index is 840. The highest BCUT2D eigenvalue weighted by molar-refractivity contribution is 6.43. The number of nitrogens with zero attached hydrogens (tertiary/aromatic N) is 1. The number of hydrogen-bond acceptors (Lipinski definition) is 2. The number of hydrogen-bond donors (Lipinski definition) is 2. The van der Waals surface area contributed by atoms with Gasteiger partial charge in [-0.2, -0.15) is 0 Å². The molecule has 0 saturated carbocycles. The molecule has 1 aromatic carbocycles. The minimum atomic E-state index is -1.07. The lowest BCUT2D eigenvalue weighted by Crippen LogP contribution is -2.02. The summed E-state index contributed by atoms with van der Waals surface area (Å²) in [5.41, 5.74) is 2.05. The average molecular weight is 295 g/mol. The van der Waals surface area contributed by atoms with Crippen LogP contribution in [0.2, 0.25) is 10.0 Å². The van der Waals surface area contributed by atoms with Crippen molar-refractivity contribution >= 4 is 51.0 Å². The third-order valence-corrected chi connectivity index (χ3v) is 3.78. The van der Waals surface area contributed by atoms with Crippen LogP contribution in [0.5, 0.6) is 0 Å². The van der Waals surface area contributed by atoms with Gasteiger partial charge >= 0.3 is 5.97 Å². The molecule has 0 aliphatic carbocycles. The number of benzene rings is 1. The second-order valence-corrected chi connectivity index (χ2v) is 5.09.